The van der Waals surface area contributed by atoms with Crippen molar-refractivity contribution in [1.29, 1.82) is 0 Å². The first-order valence-electron chi connectivity index (χ1n) is 7.55. The maximum atomic E-state index is 11.6. The molecule has 1 rings (SSSR count). The van der Waals surface area contributed by atoms with Crippen LogP contribution in [-0.4, -0.2) is 29.7 Å². The van der Waals surface area contributed by atoms with E-state index in [1.165, 1.54) is 6.42 Å². The lowest BCUT2D eigenvalue weighted by Gasteiger charge is -2.31. The third-order valence-electron chi connectivity index (χ3n) is 4.15. The summed E-state index contributed by atoms with van der Waals surface area (Å²) in [7, 11) is 0. The molecule has 0 saturated heterocycles. The highest BCUT2D eigenvalue weighted by molar-refractivity contribution is 5.74. The normalized spacial score (nSPS) is 17.1. The topological polar surface area (TPSA) is 78.4 Å². The predicted octanol–water partition coefficient (Wildman–Crippen LogP) is 2.76. The second kappa shape index (κ2) is 7.50. The maximum absolute atomic E-state index is 11.6. The lowest BCUT2D eigenvalue weighted by molar-refractivity contribution is -0.137. The van der Waals surface area contributed by atoms with Crippen molar-refractivity contribution >= 4 is 12.0 Å². The maximum Gasteiger partial charge on any atom is 0.315 e. The summed E-state index contributed by atoms with van der Waals surface area (Å²) in [6.07, 6.45) is 5.02. The standard InChI is InChI=1S/C15H28N2O3/c1-15(2,3)11(7-8-13(18)19)9-10-16-14(20)17-12-5-4-6-12/h11-12H,4-10H2,1-3H3,(H,18,19)(H2,16,17,20). The molecular formula is C15H28N2O3. The van der Waals surface area contributed by atoms with E-state index in [4.69, 9.17) is 5.11 Å². The third-order valence-corrected chi connectivity index (χ3v) is 4.15. The van der Waals surface area contributed by atoms with Gasteiger partial charge in [0.05, 0.1) is 0 Å². The Labute approximate surface area is 121 Å². The van der Waals surface area contributed by atoms with E-state index in [0.29, 0.717) is 24.9 Å². The molecule has 0 aromatic carbocycles. The van der Waals surface area contributed by atoms with Crippen molar-refractivity contribution < 1.29 is 14.7 Å². The van der Waals surface area contributed by atoms with Crippen molar-refractivity contribution in [2.24, 2.45) is 11.3 Å². The molecule has 1 fully saturated rings. The van der Waals surface area contributed by atoms with Crippen LogP contribution in [0.25, 0.3) is 0 Å². The Balaban J connectivity index is 2.26. The highest BCUT2D eigenvalue weighted by atomic mass is 16.4. The molecular weight excluding hydrogens is 256 g/mol. The third kappa shape index (κ3) is 6.26. The molecule has 1 saturated carbocycles. The fourth-order valence-corrected chi connectivity index (χ4v) is 2.46. The molecule has 116 valence electrons. The molecule has 3 N–H and O–H groups in total. The number of carbonyl (C=O) groups is 2. The molecule has 1 aliphatic carbocycles. The number of rotatable bonds is 7. The van der Waals surface area contributed by atoms with Gasteiger partial charge >= 0.3 is 12.0 Å². The van der Waals surface area contributed by atoms with Crippen molar-refractivity contribution in [3.05, 3.63) is 0 Å². The molecule has 1 unspecified atom stereocenters. The van der Waals surface area contributed by atoms with Gasteiger partial charge in [-0.15, -0.1) is 0 Å². The van der Waals surface area contributed by atoms with Gasteiger partial charge in [0.15, 0.2) is 0 Å². The van der Waals surface area contributed by atoms with Crippen LogP contribution >= 0.6 is 0 Å². The van der Waals surface area contributed by atoms with Gasteiger partial charge in [0.1, 0.15) is 0 Å². The second-order valence-electron chi connectivity index (χ2n) is 6.81. The Hall–Kier alpha value is -1.26. The zero-order valence-corrected chi connectivity index (χ0v) is 12.9. The van der Waals surface area contributed by atoms with Gasteiger partial charge in [-0.3, -0.25) is 4.79 Å². The first-order valence-corrected chi connectivity index (χ1v) is 7.55. The van der Waals surface area contributed by atoms with Crippen LogP contribution in [-0.2, 0) is 4.79 Å². The summed E-state index contributed by atoms with van der Waals surface area (Å²) in [5.74, 6) is -0.461. The quantitative estimate of drug-likeness (QED) is 0.672. The highest BCUT2D eigenvalue weighted by Gasteiger charge is 2.25. The van der Waals surface area contributed by atoms with Gasteiger partial charge in [0, 0.05) is 19.0 Å². The number of hydrogen-bond donors (Lipinski definition) is 3. The van der Waals surface area contributed by atoms with E-state index in [-0.39, 0.29) is 17.9 Å². The number of carbonyl (C=O) groups excluding carboxylic acids is 1. The van der Waals surface area contributed by atoms with E-state index < -0.39 is 5.97 Å². The predicted molar refractivity (Wildman–Crippen MR) is 78.6 cm³/mol. The summed E-state index contributed by atoms with van der Waals surface area (Å²) in [6, 6.07) is 0.251. The molecule has 0 aromatic rings. The van der Waals surface area contributed by atoms with E-state index in [9.17, 15) is 9.59 Å². The lowest BCUT2D eigenvalue weighted by Crippen LogP contribution is -2.45. The molecule has 2 amide bonds. The van der Waals surface area contributed by atoms with E-state index in [1.807, 2.05) is 0 Å². The molecule has 0 radical (unpaired) electrons. The highest BCUT2D eigenvalue weighted by Crippen LogP contribution is 2.32. The van der Waals surface area contributed by atoms with Gasteiger partial charge in [-0.2, -0.15) is 0 Å². The molecule has 1 aliphatic rings. The van der Waals surface area contributed by atoms with E-state index >= 15 is 0 Å². The van der Waals surface area contributed by atoms with Crippen LogP contribution < -0.4 is 10.6 Å². The summed E-state index contributed by atoms with van der Waals surface area (Å²) in [5.41, 5.74) is 0.0571. The Morgan fingerprint density at radius 1 is 1.25 bits per heavy atom. The zero-order chi connectivity index (χ0) is 15.2. The SMILES string of the molecule is CC(C)(C)C(CCNC(=O)NC1CCC1)CCC(=O)O. The number of carboxylic acid groups (broad SMARTS) is 1. The molecule has 20 heavy (non-hydrogen) atoms. The van der Waals surface area contributed by atoms with Crippen molar-refractivity contribution in [1.82, 2.24) is 10.6 Å². The Morgan fingerprint density at radius 2 is 1.90 bits per heavy atom. The largest absolute Gasteiger partial charge is 0.481 e. The number of hydrogen-bond acceptors (Lipinski definition) is 2. The summed E-state index contributed by atoms with van der Waals surface area (Å²) in [4.78, 5) is 22.3. The van der Waals surface area contributed by atoms with Crippen LogP contribution in [0, 0.1) is 11.3 Å². The molecule has 0 heterocycles. The second-order valence-corrected chi connectivity index (χ2v) is 6.81. The van der Waals surface area contributed by atoms with Gasteiger partial charge in [0.2, 0.25) is 0 Å². The van der Waals surface area contributed by atoms with E-state index in [0.717, 1.165) is 19.3 Å². The lowest BCUT2D eigenvalue weighted by atomic mass is 9.76. The van der Waals surface area contributed by atoms with Crippen molar-refractivity contribution in [2.45, 2.75) is 65.3 Å². The minimum Gasteiger partial charge on any atom is -0.481 e. The average molecular weight is 284 g/mol. The minimum atomic E-state index is -0.755. The number of nitrogens with one attached hydrogen (secondary N) is 2. The van der Waals surface area contributed by atoms with Gasteiger partial charge in [-0.1, -0.05) is 20.8 Å². The van der Waals surface area contributed by atoms with E-state index in [2.05, 4.69) is 31.4 Å². The van der Waals surface area contributed by atoms with Gasteiger partial charge in [0.25, 0.3) is 0 Å². The summed E-state index contributed by atoms with van der Waals surface area (Å²) >= 11 is 0. The molecule has 5 nitrogen and oxygen atoms in total. The summed E-state index contributed by atoms with van der Waals surface area (Å²) < 4.78 is 0. The number of urea groups is 1. The zero-order valence-electron chi connectivity index (χ0n) is 12.9. The average Bonchev–Trinajstić information content (AvgIpc) is 2.26. The van der Waals surface area contributed by atoms with Crippen molar-refractivity contribution in [3.8, 4) is 0 Å². The van der Waals surface area contributed by atoms with Crippen LogP contribution in [0.5, 0.6) is 0 Å². The van der Waals surface area contributed by atoms with Gasteiger partial charge in [-0.25, -0.2) is 4.79 Å². The van der Waals surface area contributed by atoms with Crippen LogP contribution in [0.4, 0.5) is 4.79 Å². The number of carboxylic acids is 1. The minimum absolute atomic E-state index is 0.0571. The first-order chi connectivity index (χ1) is 9.29. The van der Waals surface area contributed by atoms with Crippen molar-refractivity contribution in [2.75, 3.05) is 6.54 Å². The van der Waals surface area contributed by atoms with E-state index in [1.54, 1.807) is 0 Å². The van der Waals surface area contributed by atoms with Crippen LogP contribution in [0.1, 0.15) is 59.3 Å². The van der Waals surface area contributed by atoms with Gasteiger partial charge < -0.3 is 15.7 Å². The molecule has 0 bridgehead atoms. The monoisotopic (exact) mass is 284 g/mol. The fourth-order valence-electron chi connectivity index (χ4n) is 2.46. The van der Waals surface area contributed by atoms with Gasteiger partial charge in [-0.05, 0) is 43.4 Å². The van der Waals surface area contributed by atoms with Crippen molar-refractivity contribution in [3.63, 3.8) is 0 Å². The Kier molecular flexibility index (Phi) is 6.30. The Morgan fingerprint density at radius 3 is 2.35 bits per heavy atom. The first kappa shape index (κ1) is 16.8. The summed E-state index contributed by atoms with van der Waals surface area (Å²) in [6.45, 7) is 6.95. The number of amides is 2. The summed E-state index contributed by atoms with van der Waals surface area (Å²) in [5, 5.41) is 14.6. The molecule has 0 aliphatic heterocycles. The van der Waals surface area contributed by atoms with Crippen LogP contribution in [0.3, 0.4) is 0 Å². The molecule has 0 spiro atoms. The fraction of sp³-hybridized carbons (Fsp3) is 0.867. The molecule has 1 atom stereocenters. The molecule has 0 aromatic heterocycles. The number of aliphatic carboxylic acids is 1. The van der Waals surface area contributed by atoms with Crippen LogP contribution in [0.15, 0.2) is 0 Å². The molecule has 5 heteroatoms. The smallest absolute Gasteiger partial charge is 0.315 e. The van der Waals surface area contributed by atoms with Crippen LogP contribution in [0.2, 0.25) is 0 Å². The Bertz CT molecular complexity index is 333.